The molecule has 0 heterocycles. The standard InChI is InChI=1S/C21H45NO/c1-5-9-10-11-12-13-14-15-16-17-18-19-20-23-21(6-2)22(7-3)8-4/h21H,5-20H2,1-4H3. The van der Waals surface area contributed by atoms with Crippen LogP contribution in [0.3, 0.4) is 0 Å². The van der Waals surface area contributed by atoms with Crippen molar-refractivity contribution in [1.82, 2.24) is 4.90 Å². The fourth-order valence-corrected chi connectivity index (χ4v) is 3.27. The van der Waals surface area contributed by atoms with E-state index < -0.39 is 0 Å². The quantitative estimate of drug-likeness (QED) is 0.203. The molecule has 0 radical (unpaired) electrons. The molecular formula is C21H45NO. The summed E-state index contributed by atoms with van der Waals surface area (Å²) in [7, 11) is 0. The number of rotatable bonds is 18. The van der Waals surface area contributed by atoms with Crippen molar-refractivity contribution < 1.29 is 4.74 Å². The molecule has 0 aromatic rings. The maximum Gasteiger partial charge on any atom is 0.110 e. The molecular weight excluding hydrogens is 282 g/mol. The molecule has 0 rings (SSSR count). The van der Waals surface area contributed by atoms with Gasteiger partial charge in [0.15, 0.2) is 0 Å². The molecule has 0 bridgehead atoms. The first-order valence-corrected chi connectivity index (χ1v) is 10.7. The number of unbranched alkanes of at least 4 members (excludes halogenated alkanes) is 11. The Morgan fingerprint density at radius 1 is 0.609 bits per heavy atom. The van der Waals surface area contributed by atoms with Gasteiger partial charge in [0.1, 0.15) is 6.23 Å². The maximum absolute atomic E-state index is 6.05. The first-order chi connectivity index (χ1) is 11.3. The predicted molar refractivity (Wildman–Crippen MR) is 104 cm³/mol. The highest BCUT2D eigenvalue weighted by Gasteiger charge is 2.12. The number of nitrogens with zero attached hydrogens (tertiary/aromatic N) is 1. The summed E-state index contributed by atoms with van der Waals surface area (Å²) in [6, 6.07) is 0. The van der Waals surface area contributed by atoms with Gasteiger partial charge in [0, 0.05) is 6.61 Å². The number of hydrogen-bond donors (Lipinski definition) is 0. The summed E-state index contributed by atoms with van der Waals surface area (Å²) in [5.41, 5.74) is 0. The Hall–Kier alpha value is -0.0800. The second-order valence-electron chi connectivity index (χ2n) is 6.84. The van der Waals surface area contributed by atoms with E-state index in [0.29, 0.717) is 6.23 Å². The van der Waals surface area contributed by atoms with E-state index in [1.54, 1.807) is 0 Å². The molecule has 0 saturated carbocycles. The molecule has 0 N–H and O–H groups in total. The SMILES string of the molecule is CCCCCCCCCCCCCCOC(CC)N(CC)CC. The van der Waals surface area contributed by atoms with E-state index >= 15 is 0 Å². The van der Waals surface area contributed by atoms with Gasteiger partial charge in [-0.3, -0.25) is 4.90 Å². The average molecular weight is 328 g/mol. The van der Waals surface area contributed by atoms with Crippen LogP contribution in [0.15, 0.2) is 0 Å². The molecule has 0 amide bonds. The lowest BCUT2D eigenvalue weighted by molar-refractivity contribution is -0.0583. The third-order valence-electron chi connectivity index (χ3n) is 4.88. The van der Waals surface area contributed by atoms with Gasteiger partial charge in [0.05, 0.1) is 0 Å². The second kappa shape index (κ2) is 18.3. The highest BCUT2D eigenvalue weighted by molar-refractivity contribution is 4.58. The molecule has 0 spiro atoms. The molecule has 23 heavy (non-hydrogen) atoms. The maximum atomic E-state index is 6.05. The van der Waals surface area contributed by atoms with Crippen LogP contribution in [0, 0.1) is 0 Å². The van der Waals surface area contributed by atoms with Crippen molar-refractivity contribution in [2.75, 3.05) is 19.7 Å². The monoisotopic (exact) mass is 327 g/mol. The molecule has 0 fully saturated rings. The minimum absolute atomic E-state index is 0.331. The summed E-state index contributed by atoms with van der Waals surface area (Å²) >= 11 is 0. The topological polar surface area (TPSA) is 12.5 Å². The van der Waals surface area contributed by atoms with Gasteiger partial charge >= 0.3 is 0 Å². The Morgan fingerprint density at radius 3 is 1.43 bits per heavy atom. The van der Waals surface area contributed by atoms with Crippen molar-refractivity contribution in [2.24, 2.45) is 0 Å². The second-order valence-corrected chi connectivity index (χ2v) is 6.84. The minimum Gasteiger partial charge on any atom is -0.363 e. The molecule has 140 valence electrons. The summed E-state index contributed by atoms with van der Waals surface area (Å²) in [6.07, 6.45) is 18.3. The fourth-order valence-electron chi connectivity index (χ4n) is 3.27. The van der Waals surface area contributed by atoms with E-state index in [0.717, 1.165) is 26.1 Å². The number of hydrogen-bond acceptors (Lipinski definition) is 2. The molecule has 0 aliphatic heterocycles. The zero-order valence-corrected chi connectivity index (χ0v) is 16.7. The van der Waals surface area contributed by atoms with E-state index in [9.17, 15) is 0 Å². The predicted octanol–water partition coefficient (Wildman–Crippen LogP) is 6.78. The molecule has 2 nitrogen and oxygen atoms in total. The van der Waals surface area contributed by atoms with Crippen molar-refractivity contribution in [1.29, 1.82) is 0 Å². The Bertz CT molecular complexity index is 216. The van der Waals surface area contributed by atoms with E-state index in [2.05, 4.69) is 32.6 Å². The van der Waals surface area contributed by atoms with Gasteiger partial charge in [-0.25, -0.2) is 0 Å². The van der Waals surface area contributed by atoms with Crippen molar-refractivity contribution in [3.8, 4) is 0 Å². The van der Waals surface area contributed by atoms with Crippen LogP contribution in [0.5, 0.6) is 0 Å². The highest BCUT2D eigenvalue weighted by atomic mass is 16.5. The van der Waals surface area contributed by atoms with Crippen LogP contribution in [0.2, 0.25) is 0 Å². The summed E-state index contributed by atoms with van der Waals surface area (Å²) in [6.45, 7) is 12.1. The molecule has 2 heteroatoms. The van der Waals surface area contributed by atoms with Gasteiger partial charge in [0.2, 0.25) is 0 Å². The zero-order valence-electron chi connectivity index (χ0n) is 16.7. The van der Waals surface area contributed by atoms with Gasteiger partial charge in [-0.15, -0.1) is 0 Å². The first-order valence-electron chi connectivity index (χ1n) is 10.7. The van der Waals surface area contributed by atoms with Crippen molar-refractivity contribution >= 4 is 0 Å². The van der Waals surface area contributed by atoms with Crippen molar-refractivity contribution in [2.45, 2.75) is 117 Å². The Kier molecular flexibility index (Phi) is 18.2. The Morgan fingerprint density at radius 2 is 1.04 bits per heavy atom. The third kappa shape index (κ3) is 14.0. The molecule has 0 aliphatic rings. The molecule has 1 unspecified atom stereocenters. The van der Waals surface area contributed by atoms with Gasteiger partial charge < -0.3 is 4.74 Å². The lowest BCUT2D eigenvalue weighted by atomic mass is 10.1. The Labute approximate surface area is 147 Å². The minimum atomic E-state index is 0.331. The van der Waals surface area contributed by atoms with Gasteiger partial charge in [-0.05, 0) is 25.9 Å². The molecule has 0 aliphatic carbocycles. The van der Waals surface area contributed by atoms with Crippen molar-refractivity contribution in [3.63, 3.8) is 0 Å². The lowest BCUT2D eigenvalue weighted by Gasteiger charge is -2.28. The van der Waals surface area contributed by atoms with E-state index in [1.165, 1.54) is 77.0 Å². The van der Waals surface area contributed by atoms with Crippen LogP contribution in [-0.4, -0.2) is 30.8 Å². The third-order valence-corrected chi connectivity index (χ3v) is 4.88. The van der Waals surface area contributed by atoms with E-state index in [1.807, 2.05) is 0 Å². The van der Waals surface area contributed by atoms with E-state index in [4.69, 9.17) is 4.74 Å². The zero-order chi connectivity index (χ0) is 17.2. The van der Waals surface area contributed by atoms with Gasteiger partial charge in [-0.2, -0.15) is 0 Å². The molecule has 0 aromatic heterocycles. The summed E-state index contributed by atoms with van der Waals surface area (Å²) in [5, 5.41) is 0. The highest BCUT2D eigenvalue weighted by Crippen LogP contribution is 2.12. The normalized spacial score (nSPS) is 12.9. The van der Waals surface area contributed by atoms with E-state index in [-0.39, 0.29) is 0 Å². The average Bonchev–Trinajstić information content (AvgIpc) is 2.58. The summed E-state index contributed by atoms with van der Waals surface area (Å²) < 4.78 is 6.05. The summed E-state index contributed by atoms with van der Waals surface area (Å²) in [4.78, 5) is 2.42. The van der Waals surface area contributed by atoms with Crippen LogP contribution < -0.4 is 0 Å². The fraction of sp³-hybridized carbons (Fsp3) is 1.00. The van der Waals surface area contributed by atoms with Crippen LogP contribution in [0.25, 0.3) is 0 Å². The molecule has 0 aromatic carbocycles. The van der Waals surface area contributed by atoms with Crippen LogP contribution in [0.4, 0.5) is 0 Å². The molecule has 0 saturated heterocycles. The Balaban J connectivity index is 3.29. The van der Waals surface area contributed by atoms with Gasteiger partial charge in [-0.1, -0.05) is 98.3 Å². The summed E-state index contributed by atoms with van der Waals surface area (Å²) in [5.74, 6) is 0. The molecule has 1 atom stereocenters. The van der Waals surface area contributed by atoms with Crippen LogP contribution in [-0.2, 0) is 4.74 Å². The van der Waals surface area contributed by atoms with Gasteiger partial charge in [0.25, 0.3) is 0 Å². The van der Waals surface area contributed by atoms with Crippen LogP contribution >= 0.6 is 0 Å². The lowest BCUT2D eigenvalue weighted by Crippen LogP contribution is -2.36. The number of ether oxygens (including phenoxy) is 1. The largest absolute Gasteiger partial charge is 0.363 e. The van der Waals surface area contributed by atoms with Crippen LogP contribution in [0.1, 0.15) is 111 Å². The smallest absolute Gasteiger partial charge is 0.110 e. The van der Waals surface area contributed by atoms with Crippen molar-refractivity contribution in [3.05, 3.63) is 0 Å². The first kappa shape index (κ1) is 22.9.